The zero-order valence-electron chi connectivity index (χ0n) is 14.1. The number of hydrogen-bond acceptors (Lipinski definition) is 6. The molecule has 0 aromatic carbocycles. The van der Waals surface area contributed by atoms with Gasteiger partial charge >= 0.3 is 0 Å². The van der Waals surface area contributed by atoms with Gasteiger partial charge in [-0.15, -0.1) is 11.3 Å². The van der Waals surface area contributed by atoms with Crippen LogP contribution in [0.25, 0.3) is 0 Å². The van der Waals surface area contributed by atoms with Gasteiger partial charge in [0.2, 0.25) is 11.8 Å². The number of hydrogen-bond donors (Lipinski definition) is 2. The fourth-order valence-corrected chi connectivity index (χ4v) is 3.47. The molecule has 2 aromatic rings. The highest BCUT2D eigenvalue weighted by molar-refractivity contribution is 7.13. The summed E-state index contributed by atoms with van der Waals surface area (Å²) in [7, 11) is 0. The van der Waals surface area contributed by atoms with Crippen LogP contribution < -0.4 is 10.6 Å². The van der Waals surface area contributed by atoms with Crippen LogP contribution in [0, 0.1) is 5.92 Å². The Morgan fingerprint density at radius 2 is 2.24 bits per heavy atom. The molecule has 7 nitrogen and oxygen atoms in total. The third-order valence-electron chi connectivity index (χ3n) is 4.51. The molecule has 3 rings (SSSR count). The van der Waals surface area contributed by atoms with E-state index in [0.29, 0.717) is 11.7 Å². The molecule has 8 heteroatoms. The van der Waals surface area contributed by atoms with Crippen molar-refractivity contribution in [2.75, 3.05) is 18.4 Å². The Labute approximate surface area is 150 Å². The second-order valence-electron chi connectivity index (χ2n) is 6.11. The van der Waals surface area contributed by atoms with E-state index < -0.39 is 0 Å². The molecule has 1 atom stereocenters. The SMILES string of the molecule is C[C@H](C(=O)Nc1nccs1)N1CCC(C(=O)NCc2ccco2)CC1. The van der Waals surface area contributed by atoms with Gasteiger partial charge in [0.05, 0.1) is 18.8 Å². The molecule has 2 N–H and O–H groups in total. The maximum absolute atomic E-state index is 12.3. The molecule has 25 heavy (non-hydrogen) atoms. The van der Waals surface area contributed by atoms with E-state index in [-0.39, 0.29) is 23.8 Å². The number of carbonyl (C=O) groups is 2. The first-order valence-corrected chi connectivity index (χ1v) is 9.26. The Balaban J connectivity index is 1.42. The summed E-state index contributed by atoms with van der Waals surface area (Å²) in [5.41, 5.74) is 0. The van der Waals surface area contributed by atoms with Crippen molar-refractivity contribution in [3.63, 3.8) is 0 Å². The lowest BCUT2D eigenvalue weighted by molar-refractivity contribution is -0.127. The quantitative estimate of drug-likeness (QED) is 0.822. The predicted octanol–water partition coefficient (Wildman–Crippen LogP) is 2.09. The number of anilines is 1. The highest BCUT2D eigenvalue weighted by Gasteiger charge is 2.29. The van der Waals surface area contributed by atoms with Crippen molar-refractivity contribution >= 4 is 28.3 Å². The first-order valence-electron chi connectivity index (χ1n) is 8.38. The van der Waals surface area contributed by atoms with E-state index in [1.165, 1.54) is 11.3 Å². The molecular formula is C17H22N4O3S. The molecule has 0 spiro atoms. The minimum absolute atomic E-state index is 0.0135. The smallest absolute Gasteiger partial charge is 0.243 e. The number of nitrogens with one attached hydrogen (secondary N) is 2. The molecule has 0 radical (unpaired) electrons. The Morgan fingerprint density at radius 1 is 1.44 bits per heavy atom. The van der Waals surface area contributed by atoms with Gasteiger partial charge in [-0.25, -0.2) is 4.98 Å². The molecule has 1 fully saturated rings. The van der Waals surface area contributed by atoms with Gasteiger partial charge in [-0.1, -0.05) is 0 Å². The minimum Gasteiger partial charge on any atom is -0.467 e. The van der Waals surface area contributed by atoms with E-state index in [9.17, 15) is 9.59 Å². The van der Waals surface area contributed by atoms with Gasteiger partial charge in [0, 0.05) is 17.5 Å². The van der Waals surface area contributed by atoms with E-state index >= 15 is 0 Å². The van der Waals surface area contributed by atoms with E-state index in [1.807, 2.05) is 18.4 Å². The number of carbonyl (C=O) groups excluding carboxylic acids is 2. The van der Waals surface area contributed by atoms with Crippen LogP contribution in [0.4, 0.5) is 5.13 Å². The molecule has 0 aliphatic carbocycles. The normalized spacial score (nSPS) is 17.2. The molecule has 0 bridgehead atoms. The van der Waals surface area contributed by atoms with Crippen LogP contribution in [-0.4, -0.2) is 40.8 Å². The van der Waals surface area contributed by atoms with E-state index in [1.54, 1.807) is 18.5 Å². The Kier molecular flexibility index (Phi) is 5.83. The Bertz CT molecular complexity index is 679. The fraction of sp³-hybridized carbons (Fsp3) is 0.471. The molecule has 1 aliphatic rings. The van der Waals surface area contributed by atoms with E-state index in [4.69, 9.17) is 4.42 Å². The molecule has 0 unspecified atom stereocenters. The van der Waals surface area contributed by atoms with Gasteiger partial charge in [-0.2, -0.15) is 0 Å². The van der Waals surface area contributed by atoms with Crippen molar-refractivity contribution in [1.29, 1.82) is 0 Å². The molecule has 134 valence electrons. The molecule has 1 aliphatic heterocycles. The number of aromatic nitrogens is 1. The highest BCUT2D eigenvalue weighted by Crippen LogP contribution is 2.20. The third kappa shape index (κ3) is 4.67. The van der Waals surface area contributed by atoms with Crippen LogP contribution in [0.15, 0.2) is 34.4 Å². The summed E-state index contributed by atoms with van der Waals surface area (Å²) in [6.07, 6.45) is 4.76. The van der Waals surface area contributed by atoms with Crippen LogP contribution in [-0.2, 0) is 16.1 Å². The lowest BCUT2D eigenvalue weighted by Crippen LogP contribution is -2.48. The number of amides is 2. The summed E-state index contributed by atoms with van der Waals surface area (Å²) in [6.45, 7) is 3.76. The standard InChI is InChI=1S/C17H22N4O3S/c1-12(15(22)20-17-18-6-10-25-17)21-7-4-13(5-8-21)16(23)19-11-14-3-2-9-24-14/h2-3,6,9-10,12-13H,4-5,7-8,11H2,1H3,(H,19,23)(H,18,20,22)/t12-/m1/s1. The molecular weight excluding hydrogens is 340 g/mol. The van der Waals surface area contributed by atoms with Gasteiger partial charge in [-0.05, 0) is 45.0 Å². The van der Waals surface area contributed by atoms with Crippen LogP contribution in [0.3, 0.4) is 0 Å². The summed E-state index contributed by atoms with van der Waals surface area (Å²) < 4.78 is 5.22. The van der Waals surface area contributed by atoms with E-state index in [0.717, 1.165) is 31.7 Å². The summed E-state index contributed by atoms with van der Waals surface area (Å²) in [6, 6.07) is 3.40. The number of nitrogens with zero attached hydrogens (tertiary/aromatic N) is 2. The molecule has 2 aromatic heterocycles. The Hall–Kier alpha value is -2.19. The van der Waals surface area contributed by atoms with Crippen molar-refractivity contribution in [2.45, 2.75) is 32.4 Å². The third-order valence-corrected chi connectivity index (χ3v) is 5.20. The number of rotatable bonds is 6. The van der Waals surface area contributed by atoms with Gasteiger partial charge in [0.15, 0.2) is 5.13 Å². The second kappa shape index (κ2) is 8.26. The van der Waals surface area contributed by atoms with Crippen LogP contribution in [0.5, 0.6) is 0 Å². The molecule has 0 saturated carbocycles. The van der Waals surface area contributed by atoms with Crippen molar-refractivity contribution < 1.29 is 14.0 Å². The average molecular weight is 362 g/mol. The first-order chi connectivity index (χ1) is 12.1. The molecule has 2 amide bonds. The average Bonchev–Trinajstić information content (AvgIpc) is 3.33. The second-order valence-corrected chi connectivity index (χ2v) is 7.00. The fourth-order valence-electron chi connectivity index (χ4n) is 2.94. The number of piperidine rings is 1. The van der Waals surface area contributed by atoms with Gasteiger partial charge in [0.25, 0.3) is 0 Å². The predicted molar refractivity (Wildman–Crippen MR) is 95.1 cm³/mol. The van der Waals surface area contributed by atoms with Crippen LogP contribution in [0.2, 0.25) is 0 Å². The summed E-state index contributed by atoms with van der Waals surface area (Å²) in [4.78, 5) is 30.7. The number of likely N-dealkylation sites (tertiary alicyclic amines) is 1. The first kappa shape index (κ1) is 17.6. The lowest BCUT2D eigenvalue weighted by atomic mass is 9.95. The van der Waals surface area contributed by atoms with Crippen molar-refractivity contribution in [3.8, 4) is 0 Å². The maximum Gasteiger partial charge on any atom is 0.243 e. The summed E-state index contributed by atoms with van der Waals surface area (Å²) in [5, 5.41) is 8.18. The van der Waals surface area contributed by atoms with Gasteiger partial charge in [-0.3, -0.25) is 14.5 Å². The number of furan rings is 1. The maximum atomic E-state index is 12.3. The largest absolute Gasteiger partial charge is 0.467 e. The molecule has 1 saturated heterocycles. The number of thiazole rings is 1. The topological polar surface area (TPSA) is 87.5 Å². The zero-order valence-corrected chi connectivity index (χ0v) is 14.9. The zero-order chi connectivity index (χ0) is 17.6. The van der Waals surface area contributed by atoms with Crippen molar-refractivity contribution in [2.24, 2.45) is 5.92 Å². The van der Waals surface area contributed by atoms with Gasteiger partial charge in [0.1, 0.15) is 5.76 Å². The summed E-state index contributed by atoms with van der Waals surface area (Å²) >= 11 is 1.40. The van der Waals surface area contributed by atoms with Gasteiger partial charge < -0.3 is 15.1 Å². The summed E-state index contributed by atoms with van der Waals surface area (Å²) in [5.74, 6) is 0.727. The monoisotopic (exact) mass is 362 g/mol. The van der Waals surface area contributed by atoms with Crippen molar-refractivity contribution in [1.82, 2.24) is 15.2 Å². The van der Waals surface area contributed by atoms with E-state index in [2.05, 4.69) is 20.5 Å². The van der Waals surface area contributed by atoms with Crippen LogP contribution >= 0.6 is 11.3 Å². The van der Waals surface area contributed by atoms with Crippen LogP contribution in [0.1, 0.15) is 25.5 Å². The minimum atomic E-state index is -0.240. The van der Waals surface area contributed by atoms with Crippen molar-refractivity contribution in [3.05, 3.63) is 35.7 Å². The molecule has 3 heterocycles. The highest BCUT2D eigenvalue weighted by atomic mass is 32.1. The lowest BCUT2D eigenvalue weighted by Gasteiger charge is -2.34. The Morgan fingerprint density at radius 3 is 2.88 bits per heavy atom.